The molecule has 1 aliphatic carbocycles. The Bertz CT molecular complexity index is 465. The van der Waals surface area contributed by atoms with Crippen LogP contribution in [0.2, 0.25) is 0 Å². The predicted molar refractivity (Wildman–Crippen MR) is 62.0 cm³/mol. The van der Waals surface area contributed by atoms with E-state index in [4.69, 9.17) is 4.74 Å². The third kappa shape index (κ3) is 3.30. The van der Waals surface area contributed by atoms with Crippen molar-refractivity contribution in [3.05, 3.63) is 22.2 Å². The summed E-state index contributed by atoms with van der Waals surface area (Å²) in [4.78, 5) is 29.4. The molecule has 1 aliphatic rings. The quantitative estimate of drug-likeness (QED) is 0.733. The summed E-state index contributed by atoms with van der Waals surface area (Å²) in [6.45, 7) is 2.11. The molecule has 6 nitrogen and oxygen atoms in total. The summed E-state index contributed by atoms with van der Waals surface area (Å²) >= 11 is 0. The maximum absolute atomic E-state index is 11.4. The highest BCUT2D eigenvalue weighted by atomic mass is 16.5. The summed E-state index contributed by atoms with van der Waals surface area (Å²) in [6.07, 6.45) is 2.12. The van der Waals surface area contributed by atoms with Gasteiger partial charge >= 0.3 is 5.97 Å². The molecule has 0 amide bonds. The lowest BCUT2D eigenvalue weighted by Crippen LogP contribution is -2.19. The predicted octanol–water partition coefficient (Wildman–Crippen LogP) is 0.622. The Labute approximate surface area is 98.4 Å². The zero-order valence-electron chi connectivity index (χ0n) is 9.66. The Morgan fingerprint density at radius 2 is 2.41 bits per heavy atom. The van der Waals surface area contributed by atoms with Gasteiger partial charge in [0.2, 0.25) is 0 Å². The first-order valence-corrected chi connectivity index (χ1v) is 5.69. The maximum atomic E-state index is 11.4. The molecule has 0 saturated heterocycles. The van der Waals surface area contributed by atoms with Crippen LogP contribution in [0.15, 0.2) is 10.9 Å². The molecule has 0 aliphatic heterocycles. The van der Waals surface area contributed by atoms with Gasteiger partial charge in [-0.2, -0.15) is 0 Å². The van der Waals surface area contributed by atoms with Gasteiger partial charge in [0.15, 0.2) is 0 Å². The minimum atomic E-state index is -0.359. The fourth-order valence-corrected chi connectivity index (χ4v) is 1.49. The number of ether oxygens (including phenoxy) is 1. The Morgan fingerprint density at radius 1 is 1.65 bits per heavy atom. The van der Waals surface area contributed by atoms with Crippen LogP contribution in [0.25, 0.3) is 0 Å². The lowest BCUT2D eigenvalue weighted by atomic mass is 10.4. The van der Waals surface area contributed by atoms with Crippen molar-refractivity contribution in [2.24, 2.45) is 0 Å². The largest absolute Gasteiger partial charge is 0.465 e. The molecule has 0 unspecified atom stereocenters. The second kappa shape index (κ2) is 4.99. The molecule has 2 rings (SSSR count). The Hall–Kier alpha value is -1.85. The molecular weight excluding hydrogens is 222 g/mol. The molecule has 0 aromatic carbocycles. The topological polar surface area (TPSA) is 84.1 Å². The highest BCUT2D eigenvalue weighted by molar-refractivity contribution is 5.74. The number of aromatic amines is 1. The minimum Gasteiger partial charge on any atom is -0.465 e. The zero-order valence-corrected chi connectivity index (χ0v) is 9.66. The summed E-state index contributed by atoms with van der Waals surface area (Å²) in [5.74, 6) is 1.13. The van der Waals surface area contributed by atoms with Gasteiger partial charge in [-0.15, -0.1) is 0 Å². The van der Waals surface area contributed by atoms with Crippen molar-refractivity contribution < 1.29 is 9.53 Å². The van der Waals surface area contributed by atoms with Crippen molar-refractivity contribution in [1.29, 1.82) is 0 Å². The third-order valence-electron chi connectivity index (χ3n) is 2.44. The third-order valence-corrected chi connectivity index (χ3v) is 2.44. The molecule has 17 heavy (non-hydrogen) atoms. The van der Waals surface area contributed by atoms with E-state index in [9.17, 15) is 9.59 Å². The molecule has 2 N–H and O–H groups in total. The first-order valence-electron chi connectivity index (χ1n) is 5.69. The monoisotopic (exact) mass is 237 g/mol. The molecule has 0 radical (unpaired) electrons. The number of aromatic nitrogens is 2. The highest BCUT2D eigenvalue weighted by Gasteiger charge is 2.26. The lowest BCUT2D eigenvalue weighted by Gasteiger charge is -2.06. The molecule has 1 aromatic heterocycles. The van der Waals surface area contributed by atoms with Gasteiger partial charge in [-0.3, -0.25) is 9.59 Å². The van der Waals surface area contributed by atoms with Crippen molar-refractivity contribution in [2.75, 3.05) is 18.5 Å². The molecule has 1 aromatic rings. The van der Waals surface area contributed by atoms with E-state index in [0.717, 1.165) is 12.8 Å². The molecule has 0 spiro atoms. The Kier molecular flexibility index (Phi) is 3.41. The van der Waals surface area contributed by atoms with Crippen LogP contribution in [0.5, 0.6) is 0 Å². The van der Waals surface area contributed by atoms with Crippen LogP contribution in [0.1, 0.15) is 31.5 Å². The fraction of sp³-hybridized carbons (Fsp3) is 0.545. The molecule has 1 fully saturated rings. The number of H-pyrrole nitrogens is 1. The number of carbonyl (C=O) groups excluding carboxylic acids is 1. The summed E-state index contributed by atoms with van der Waals surface area (Å²) in [7, 11) is 0. The number of nitrogens with zero attached hydrogens (tertiary/aromatic N) is 1. The van der Waals surface area contributed by atoms with Crippen molar-refractivity contribution in [2.45, 2.75) is 25.7 Å². The molecule has 92 valence electrons. The Morgan fingerprint density at radius 3 is 3.06 bits per heavy atom. The van der Waals surface area contributed by atoms with Gasteiger partial charge in [0.1, 0.15) is 18.2 Å². The number of esters is 1. The smallest absolute Gasteiger partial charge is 0.325 e. The summed E-state index contributed by atoms with van der Waals surface area (Å²) in [5, 5.41) is 2.79. The van der Waals surface area contributed by atoms with Crippen molar-refractivity contribution in [3.8, 4) is 0 Å². The maximum Gasteiger partial charge on any atom is 0.325 e. The molecule has 1 heterocycles. The van der Waals surface area contributed by atoms with Gasteiger partial charge in [0.05, 0.1) is 6.61 Å². The van der Waals surface area contributed by atoms with Crippen molar-refractivity contribution >= 4 is 11.8 Å². The number of hydrogen-bond donors (Lipinski definition) is 2. The van der Waals surface area contributed by atoms with Gasteiger partial charge in [-0.25, -0.2) is 4.98 Å². The van der Waals surface area contributed by atoms with Gasteiger partial charge in [0.25, 0.3) is 5.56 Å². The van der Waals surface area contributed by atoms with Gasteiger partial charge in [-0.05, 0) is 19.8 Å². The molecule has 1 saturated carbocycles. The zero-order chi connectivity index (χ0) is 12.3. The Balaban J connectivity index is 2.00. The summed E-state index contributed by atoms with van der Waals surface area (Å²) in [5.41, 5.74) is -0.201. The van der Waals surface area contributed by atoms with E-state index >= 15 is 0 Å². The van der Waals surface area contributed by atoms with Gasteiger partial charge in [0, 0.05) is 12.0 Å². The van der Waals surface area contributed by atoms with E-state index in [1.54, 1.807) is 6.92 Å². The van der Waals surface area contributed by atoms with Crippen LogP contribution < -0.4 is 10.9 Å². The summed E-state index contributed by atoms with van der Waals surface area (Å²) in [6, 6.07) is 1.34. The van der Waals surface area contributed by atoms with E-state index in [-0.39, 0.29) is 18.1 Å². The van der Waals surface area contributed by atoms with Crippen molar-refractivity contribution in [1.82, 2.24) is 9.97 Å². The van der Waals surface area contributed by atoms with Crippen LogP contribution in [0.3, 0.4) is 0 Å². The fourth-order valence-electron chi connectivity index (χ4n) is 1.49. The number of carbonyl (C=O) groups is 1. The minimum absolute atomic E-state index is 0.0222. The molecule has 6 heteroatoms. The van der Waals surface area contributed by atoms with E-state index in [1.165, 1.54) is 6.07 Å². The number of rotatable bonds is 5. The summed E-state index contributed by atoms with van der Waals surface area (Å²) < 4.78 is 4.77. The first kappa shape index (κ1) is 11.6. The van der Waals surface area contributed by atoms with Crippen LogP contribution in [-0.4, -0.2) is 29.1 Å². The van der Waals surface area contributed by atoms with E-state index < -0.39 is 0 Å². The average Bonchev–Trinajstić information content (AvgIpc) is 3.10. The van der Waals surface area contributed by atoms with Crippen LogP contribution in [-0.2, 0) is 9.53 Å². The first-order chi connectivity index (χ1) is 8.19. The van der Waals surface area contributed by atoms with Crippen LogP contribution in [0.4, 0.5) is 5.82 Å². The normalized spacial score (nSPS) is 14.4. The lowest BCUT2D eigenvalue weighted by molar-refractivity contribution is -0.140. The van der Waals surface area contributed by atoms with E-state index in [1.807, 2.05) is 0 Å². The second-order valence-corrected chi connectivity index (χ2v) is 3.95. The van der Waals surface area contributed by atoms with Gasteiger partial charge in [-0.1, -0.05) is 0 Å². The molecule has 0 bridgehead atoms. The second-order valence-electron chi connectivity index (χ2n) is 3.95. The van der Waals surface area contributed by atoms with Crippen LogP contribution >= 0.6 is 0 Å². The van der Waals surface area contributed by atoms with E-state index in [2.05, 4.69) is 15.3 Å². The highest BCUT2D eigenvalue weighted by Crippen LogP contribution is 2.37. The number of anilines is 1. The van der Waals surface area contributed by atoms with E-state index in [0.29, 0.717) is 24.2 Å². The van der Waals surface area contributed by atoms with Gasteiger partial charge < -0.3 is 15.0 Å². The standard InChI is InChI=1S/C11H15N3O3/c1-2-17-10(16)6-12-8-5-9(15)14-11(13-8)7-3-4-7/h5,7H,2-4,6H2,1H3,(H2,12,13,14,15). The number of hydrogen-bond acceptors (Lipinski definition) is 5. The van der Waals surface area contributed by atoms with Crippen LogP contribution in [0, 0.1) is 0 Å². The SMILES string of the molecule is CCOC(=O)CNc1cc(=O)[nH]c(C2CC2)n1. The number of nitrogens with one attached hydrogen (secondary N) is 2. The average molecular weight is 237 g/mol. The molecule has 0 atom stereocenters. The molecular formula is C11H15N3O3. The van der Waals surface area contributed by atoms with Crippen molar-refractivity contribution in [3.63, 3.8) is 0 Å².